The molecule has 11 nitrogen and oxygen atoms in total. The van der Waals surface area contributed by atoms with Gasteiger partial charge < -0.3 is 28.8 Å². The van der Waals surface area contributed by atoms with Gasteiger partial charge in [-0.15, -0.1) is 0 Å². The number of methoxy groups -OCH3 is 2. The fraction of sp³-hybridized carbons (Fsp3) is 0.341. The molecule has 4 aromatic rings. The van der Waals surface area contributed by atoms with Crippen molar-refractivity contribution >= 4 is 17.8 Å². The van der Waals surface area contributed by atoms with E-state index in [-0.39, 0.29) is 31.9 Å². The molecule has 0 radical (unpaired) electrons. The summed E-state index contributed by atoms with van der Waals surface area (Å²) in [6.07, 6.45) is -0.477. The number of ether oxygens (including phenoxy) is 5. The highest BCUT2D eigenvalue weighted by atomic mass is 16.6. The molecule has 3 N–H and O–H groups in total. The first-order chi connectivity index (χ1) is 25.0. The molecule has 0 saturated carbocycles. The van der Waals surface area contributed by atoms with Crippen molar-refractivity contribution in [3.8, 4) is 28.4 Å². The van der Waals surface area contributed by atoms with Crippen molar-refractivity contribution in [1.29, 1.82) is 0 Å². The van der Waals surface area contributed by atoms with Gasteiger partial charge >= 0.3 is 5.97 Å². The summed E-state index contributed by atoms with van der Waals surface area (Å²) in [6, 6.07) is 30.4. The summed E-state index contributed by atoms with van der Waals surface area (Å²) < 4.78 is 28.8. The molecule has 1 aliphatic heterocycles. The molecule has 1 aliphatic rings. The summed E-state index contributed by atoms with van der Waals surface area (Å²) in [5, 5.41) is 9.12. The summed E-state index contributed by atoms with van der Waals surface area (Å²) >= 11 is 0. The number of aliphatic hydroxyl groups excluding tert-OH is 1. The summed E-state index contributed by atoms with van der Waals surface area (Å²) in [4.78, 5) is 32.7. The van der Waals surface area contributed by atoms with Crippen molar-refractivity contribution < 1.29 is 38.4 Å². The van der Waals surface area contributed by atoms with E-state index in [1.807, 2.05) is 66.7 Å². The van der Waals surface area contributed by atoms with Crippen LogP contribution in [-0.2, 0) is 25.6 Å². The number of hydrogen-bond donors (Lipinski definition) is 3. The number of benzene rings is 4. The van der Waals surface area contributed by atoms with Gasteiger partial charge in [0.2, 0.25) is 5.90 Å². The fourth-order valence-electron chi connectivity index (χ4n) is 5.86. The molecule has 0 aliphatic carbocycles. The number of hydrogen-bond acceptors (Lipinski definition) is 10. The number of nitrogens with one attached hydrogen (secondary N) is 2. The Morgan fingerprint density at radius 2 is 1.54 bits per heavy atom. The number of nitrogens with zero attached hydrogens (tertiary/aromatic N) is 1. The smallest absolute Gasteiger partial charge is 0.306 e. The molecule has 0 saturated heterocycles. The Morgan fingerprint density at radius 1 is 0.865 bits per heavy atom. The molecular weight excluding hydrogens is 662 g/mol. The van der Waals surface area contributed by atoms with Crippen LogP contribution in [0.5, 0.6) is 17.2 Å². The first kappa shape index (κ1) is 37.9. The topological polar surface area (TPSA) is 137 Å². The minimum Gasteiger partial charge on any atom is -0.497 e. The molecule has 0 aromatic heterocycles. The van der Waals surface area contributed by atoms with Gasteiger partial charge in [-0.3, -0.25) is 15.0 Å². The molecule has 1 amide bonds. The van der Waals surface area contributed by atoms with Crippen molar-refractivity contribution in [2.45, 2.75) is 63.8 Å². The Labute approximate surface area is 304 Å². The summed E-state index contributed by atoms with van der Waals surface area (Å²) in [5.74, 6) is 1.15. The maximum atomic E-state index is 14.6. The third kappa shape index (κ3) is 9.48. The molecule has 5 rings (SSSR count). The zero-order chi connectivity index (χ0) is 37.1. The van der Waals surface area contributed by atoms with Crippen molar-refractivity contribution in [2.75, 3.05) is 27.4 Å². The van der Waals surface area contributed by atoms with Crippen LogP contribution in [0.2, 0.25) is 0 Å². The highest BCUT2D eigenvalue weighted by Gasteiger charge is 2.53. The van der Waals surface area contributed by atoms with Gasteiger partial charge in [0.05, 0.1) is 20.8 Å². The zero-order valence-corrected chi connectivity index (χ0v) is 30.3. The Morgan fingerprint density at radius 3 is 2.19 bits per heavy atom. The van der Waals surface area contributed by atoms with Crippen LogP contribution in [0.4, 0.5) is 0 Å². The predicted octanol–water partition coefficient (Wildman–Crippen LogP) is 6.33. The average Bonchev–Trinajstić information content (AvgIpc) is 3.55. The first-order valence-corrected chi connectivity index (χ1v) is 17.3. The minimum atomic E-state index is -1.58. The average molecular weight is 710 g/mol. The standard InChI is InChI=1S/C41H47N3O8/c1-40(2,3)52-36(46)22-23-41(39(47)44-42-27-32-18-21-34(48-4)26-35(32)49-5)37(30-14-12-29(13-15-30)28-10-7-6-8-11-28)51-38(43-41)31-16-19-33(20-17-31)50-25-9-24-45/h6-8,10-21,26,37,42,45H,9,22-25,27H2,1-5H3,(H,44,47)/t37-,41-/m0/s1. The van der Waals surface area contributed by atoms with Gasteiger partial charge in [-0.1, -0.05) is 60.7 Å². The lowest BCUT2D eigenvalue weighted by Gasteiger charge is -2.31. The van der Waals surface area contributed by atoms with E-state index in [9.17, 15) is 9.59 Å². The van der Waals surface area contributed by atoms with Crippen molar-refractivity contribution in [2.24, 2.45) is 4.99 Å². The lowest BCUT2D eigenvalue weighted by molar-refractivity contribution is -0.155. The molecule has 274 valence electrons. The fourth-order valence-corrected chi connectivity index (χ4v) is 5.86. The Kier molecular flexibility index (Phi) is 12.5. The quantitative estimate of drug-likeness (QED) is 0.0693. The van der Waals surface area contributed by atoms with E-state index in [0.717, 1.165) is 16.7 Å². The van der Waals surface area contributed by atoms with Crippen LogP contribution < -0.4 is 25.1 Å². The van der Waals surface area contributed by atoms with E-state index in [1.54, 1.807) is 65.3 Å². The number of rotatable bonds is 16. The normalized spacial score (nSPS) is 16.7. The number of esters is 1. The maximum absolute atomic E-state index is 14.6. The van der Waals surface area contributed by atoms with E-state index in [4.69, 9.17) is 33.8 Å². The van der Waals surface area contributed by atoms with E-state index in [2.05, 4.69) is 10.9 Å². The Bertz CT molecular complexity index is 1820. The third-order valence-corrected chi connectivity index (χ3v) is 8.46. The molecular formula is C41H47N3O8. The second-order valence-electron chi connectivity index (χ2n) is 13.3. The summed E-state index contributed by atoms with van der Waals surface area (Å²) in [7, 11) is 3.14. The van der Waals surface area contributed by atoms with Gasteiger partial charge in [0.25, 0.3) is 5.91 Å². The van der Waals surface area contributed by atoms with Crippen LogP contribution in [0.25, 0.3) is 11.1 Å². The number of aliphatic imine (C=N–C) groups is 1. The molecule has 11 heteroatoms. The Balaban J connectivity index is 1.50. The van der Waals surface area contributed by atoms with E-state index in [0.29, 0.717) is 41.4 Å². The molecule has 0 unspecified atom stereocenters. The molecule has 0 fully saturated rings. The van der Waals surface area contributed by atoms with Crippen LogP contribution in [0.3, 0.4) is 0 Å². The van der Waals surface area contributed by atoms with Gasteiger partial charge in [0.1, 0.15) is 22.8 Å². The SMILES string of the molecule is COc1ccc(CNNC(=O)[C@@]2(CCC(=O)OC(C)(C)C)N=C(c3ccc(OCCCO)cc3)O[C@H]2c2ccc(-c3ccccc3)cc2)c(OC)c1. The van der Waals surface area contributed by atoms with Crippen molar-refractivity contribution in [3.63, 3.8) is 0 Å². The summed E-state index contributed by atoms with van der Waals surface area (Å²) in [5.41, 5.74) is 7.77. The first-order valence-electron chi connectivity index (χ1n) is 17.3. The molecule has 1 heterocycles. The van der Waals surface area contributed by atoms with Crippen molar-refractivity contribution in [3.05, 3.63) is 114 Å². The summed E-state index contributed by atoms with van der Waals surface area (Å²) in [6.45, 7) is 6.03. The van der Waals surface area contributed by atoms with Gasteiger partial charge in [0.15, 0.2) is 11.6 Å². The van der Waals surface area contributed by atoms with E-state index in [1.165, 1.54) is 0 Å². The van der Waals surface area contributed by atoms with Crippen LogP contribution in [0, 0.1) is 0 Å². The number of carbonyl (C=O) groups excluding carboxylic acids is 2. The maximum Gasteiger partial charge on any atom is 0.306 e. The molecule has 0 bridgehead atoms. The highest BCUT2D eigenvalue weighted by molar-refractivity contribution is 6.01. The van der Waals surface area contributed by atoms with Crippen LogP contribution >= 0.6 is 0 Å². The second-order valence-corrected chi connectivity index (χ2v) is 13.3. The lowest BCUT2D eigenvalue weighted by Crippen LogP contribution is -2.52. The number of hydrazine groups is 1. The molecule has 2 atom stereocenters. The highest BCUT2D eigenvalue weighted by Crippen LogP contribution is 2.44. The molecule has 4 aromatic carbocycles. The number of aliphatic hydroxyl groups is 1. The van der Waals surface area contributed by atoms with Crippen LogP contribution in [0.1, 0.15) is 62.8 Å². The van der Waals surface area contributed by atoms with Gasteiger partial charge in [-0.2, -0.15) is 0 Å². The molecule has 52 heavy (non-hydrogen) atoms. The number of carbonyl (C=O) groups is 2. The van der Waals surface area contributed by atoms with Gasteiger partial charge in [-0.25, -0.2) is 10.4 Å². The largest absolute Gasteiger partial charge is 0.497 e. The Hall–Kier alpha value is -5.39. The molecule has 0 spiro atoms. The predicted molar refractivity (Wildman–Crippen MR) is 198 cm³/mol. The third-order valence-electron chi connectivity index (χ3n) is 8.46. The van der Waals surface area contributed by atoms with E-state index >= 15 is 0 Å². The number of amides is 1. The van der Waals surface area contributed by atoms with Gasteiger partial charge in [-0.05, 0) is 74.2 Å². The van der Waals surface area contributed by atoms with Crippen LogP contribution in [-0.4, -0.2) is 61.5 Å². The van der Waals surface area contributed by atoms with E-state index < -0.39 is 29.1 Å². The van der Waals surface area contributed by atoms with Gasteiger partial charge in [0, 0.05) is 43.2 Å². The zero-order valence-electron chi connectivity index (χ0n) is 30.3. The lowest BCUT2D eigenvalue weighted by atomic mass is 9.83. The van der Waals surface area contributed by atoms with Crippen molar-refractivity contribution in [1.82, 2.24) is 10.9 Å². The van der Waals surface area contributed by atoms with Crippen LogP contribution in [0.15, 0.2) is 102 Å². The monoisotopic (exact) mass is 709 g/mol. The minimum absolute atomic E-state index is 0.00174. The second kappa shape index (κ2) is 17.2.